The number of nitrogens with zero attached hydrogens (tertiary/aromatic N) is 3. The zero-order chi connectivity index (χ0) is 42.8. The summed E-state index contributed by atoms with van der Waals surface area (Å²) in [6, 6.07) is -1.80. The average Bonchev–Trinajstić information content (AvgIpc) is 4.04. The second-order valence-corrected chi connectivity index (χ2v) is 19.4. The van der Waals surface area contributed by atoms with Crippen LogP contribution in [-0.2, 0) is 35.1 Å². The van der Waals surface area contributed by atoms with Gasteiger partial charge < -0.3 is 25.0 Å². The molecule has 7 unspecified atom stereocenters. The molecule has 4 amide bonds. The van der Waals surface area contributed by atoms with Crippen LogP contribution in [0.4, 0.5) is 31.1 Å². The zero-order valence-corrected chi connectivity index (χ0v) is 33.4. The van der Waals surface area contributed by atoms with Crippen LogP contribution in [0.25, 0.3) is 11.0 Å². The van der Waals surface area contributed by atoms with E-state index in [1.165, 1.54) is 0 Å². The highest BCUT2D eigenvalue weighted by Crippen LogP contribution is 2.49. The molecule has 14 nitrogen and oxygen atoms in total. The third-order valence-electron chi connectivity index (χ3n) is 12.0. The molecular weight excluding hydrogens is 815 g/mol. The van der Waals surface area contributed by atoms with Crippen molar-refractivity contribution in [1.29, 1.82) is 0 Å². The molecule has 7 rings (SSSR count). The van der Waals surface area contributed by atoms with Crippen molar-refractivity contribution < 1.29 is 63.4 Å². The molecule has 324 valence electrons. The van der Waals surface area contributed by atoms with Gasteiger partial charge in [-0.05, 0) is 62.7 Å². The van der Waals surface area contributed by atoms with Crippen LogP contribution >= 0.6 is 0 Å². The van der Waals surface area contributed by atoms with Crippen LogP contribution in [0.1, 0.15) is 97.1 Å². The van der Waals surface area contributed by atoms with Gasteiger partial charge in [0.25, 0.3) is 11.8 Å². The maximum absolute atomic E-state index is 16.2. The standard InChI is InChI=1S/C38H46F6N6O8S/c1-36(2,3)29-33(52)50-17-19(13-26(50)31(51)48-37(16-21(37)30(41)42)34(53)49-59(55,56)20-10-11-20)57-32-28(45-24-14-22(39)23(40)15-25(24)46-32)38(43,44)12-5-4-7-18-8-6-9-27(18)58-35(54)47-29/h14-15,18-21,26-27,29-30H,4-13,16-17H2,1-3H3,(H,47,54)(H,48,51)(H,49,53). The predicted molar refractivity (Wildman–Crippen MR) is 195 cm³/mol. The predicted octanol–water partition coefficient (Wildman–Crippen LogP) is 4.98. The van der Waals surface area contributed by atoms with E-state index in [1.807, 2.05) is 4.72 Å². The van der Waals surface area contributed by atoms with Crippen LogP contribution in [0.15, 0.2) is 12.1 Å². The first kappa shape index (κ1) is 42.7. The Kier molecular flexibility index (Phi) is 11.3. The number of nitrogens with one attached hydrogen (secondary N) is 3. The lowest BCUT2D eigenvalue weighted by Crippen LogP contribution is -2.60. The van der Waals surface area contributed by atoms with Crippen molar-refractivity contribution in [2.75, 3.05) is 6.54 Å². The van der Waals surface area contributed by atoms with E-state index >= 15 is 8.78 Å². The first-order chi connectivity index (χ1) is 27.6. The molecule has 0 radical (unpaired) electrons. The number of fused-ring (bicyclic) bond motifs is 5. The fraction of sp³-hybridized carbons (Fsp3) is 0.684. The Morgan fingerprint density at radius 2 is 1.63 bits per heavy atom. The van der Waals surface area contributed by atoms with E-state index in [9.17, 15) is 45.2 Å². The number of rotatable bonds is 6. The molecule has 2 bridgehead atoms. The SMILES string of the molecule is CC(C)(C)C1NC(=O)OC2CCCC2CCCCC(F)(F)c2nc3cc(F)c(F)cc3nc2OC2CC(C(=O)NC3(C(=O)NS(=O)(=O)C4CC4)CC3C(F)F)N(C2)C1=O. The molecule has 3 heterocycles. The topological polar surface area (TPSA) is 186 Å². The van der Waals surface area contributed by atoms with Crippen LogP contribution in [0, 0.1) is 28.9 Å². The number of sulfonamides is 1. The third kappa shape index (κ3) is 8.75. The second kappa shape index (κ2) is 15.6. The molecule has 1 aromatic heterocycles. The second-order valence-electron chi connectivity index (χ2n) is 17.4. The Labute approximate surface area is 336 Å². The van der Waals surface area contributed by atoms with Gasteiger partial charge in [0.1, 0.15) is 29.8 Å². The minimum atomic E-state index is -4.24. The van der Waals surface area contributed by atoms with Gasteiger partial charge in [-0.1, -0.05) is 27.2 Å². The fourth-order valence-corrected chi connectivity index (χ4v) is 9.76. The van der Waals surface area contributed by atoms with E-state index in [2.05, 4.69) is 20.6 Å². The average molecular weight is 861 g/mol. The lowest BCUT2D eigenvalue weighted by Gasteiger charge is -2.35. The number of hydrogen-bond acceptors (Lipinski definition) is 10. The number of alkyl halides is 4. The minimum Gasteiger partial charge on any atom is -0.471 e. The first-order valence-electron chi connectivity index (χ1n) is 19.8. The number of halogens is 6. The summed E-state index contributed by atoms with van der Waals surface area (Å²) in [5.74, 6) is -12.6. The summed E-state index contributed by atoms with van der Waals surface area (Å²) in [4.78, 5) is 64.7. The lowest BCUT2D eigenvalue weighted by atomic mass is 9.85. The van der Waals surface area contributed by atoms with Gasteiger partial charge in [0.05, 0.1) is 28.7 Å². The van der Waals surface area contributed by atoms with Crippen molar-refractivity contribution in [2.45, 2.75) is 139 Å². The highest BCUT2D eigenvalue weighted by Gasteiger charge is 2.67. The van der Waals surface area contributed by atoms with Gasteiger partial charge in [-0.3, -0.25) is 19.1 Å². The number of benzene rings is 1. The number of amides is 4. The number of carbonyl (C=O) groups excluding carboxylic acids is 4. The molecule has 5 aliphatic rings. The summed E-state index contributed by atoms with van der Waals surface area (Å²) in [6.45, 7) is 4.33. The number of aromatic nitrogens is 2. The largest absolute Gasteiger partial charge is 0.471 e. The van der Waals surface area contributed by atoms with E-state index < -0.39 is 147 Å². The normalized spacial score (nSPS) is 30.3. The first-order valence-corrected chi connectivity index (χ1v) is 21.3. The molecule has 4 fully saturated rings. The Bertz CT molecular complexity index is 2140. The lowest BCUT2D eigenvalue weighted by molar-refractivity contribution is -0.143. The number of carbonyl (C=O) groups is 4. The van der Waals surface area contributed by atoms with Crippen LogP contribution in [-0.4, -0.2) is 95.2 Å². The summed E-state index contributed by atoms with van der Waals surface area (Å²) in [5, 5.41) is 4.00. The molecule has 1 aromatic carbocycles. The monoisotopic (exact) mass is 860 g/mol. The third-order valence-corrected chi connectivity index (χ3v) is 13.8. The van der Waals surface area contributed by atoms with E-state index in [4.69, 9.17) is 9.47 Å². The molecular formula is C38H46F6N6O8S. The summed E-state index contributed by atoms with van der Waals surface area (Å²) in [5.41, 5.74) is -5.18. The Balaban J connectivity index is 1.27. The maximum Gasteiger partial charge on any atom is 0.408 e. The molecule has 3 aliphatic carbocycles. The fourth-order valence-electron chi connectivity index (χ4n) is 8.39. The van der Waals surface area contributed by atoms with E-state index in [1.54, 1.807) is 20.8 Å². The highest BCUT2D eigenvalue weighted by molar-refractivity contribution is 7.91. The maximum atomic E-state index is 16.2. The molecule has 7 atom stereocenters. The van der Waals surface area contributed by atoms with Crippen molar-refractivity contribution >= 4 is 44.9 Å². The van der Waals surface area contributed by atoms with E-state index in [-0.39, 0.29) is 30.7 Å². The number of hydrogen-bond donors (Lipinski definition) is 3. The summed E-state index contributed by atoms with van der Waals surface area (Å²) >= 11 is 0. The molecule has 21 heteroatoms. The molecule has 1 saturated heterocycles. The summed E-state index contributed by atoms with van der Waals surface area (Å²) in [6.07, 6.45) is -4.83. The van der Waals surface area contributed by atoms with Gasteiger partial charge in [-0.15, -0.1) is 0 Å². The van der Waals surface area contributed by atoms with Crippen molar-refractivity contribution in [1.82, 2.24) is 30.2 Å². The Morgan fingerprint density at radius 3 is 2.25 bits per heavy atom. The number of alkyl carbamates (subject to hydrolysis) is 1. The van der Waals surface area contributed by atoms with Gasteiger partial charge in [0.15, 0.2) is 17.3 Å². The number of ether oxygens (including phenoxy) is 2. The quantitative estimate of drug-likeness (QED) is 0.335. The van der Waals surface area contributed by atoms with Crippen molar-refractivity contribution in [3.05, 3.63) is 29.5 Å². The molecule has 3 saturated carbocycles. The van der Waals surface area contributed by atoms with Crippen LogP contribution < -0.4 is 20.1 Å². The van der Waals surface area contributed by atoms with Crippen LogP contribution in [0.2, 0.25) is 0 Å². The Hall–Kier alpha value is -4.43. The van der Waals surface area contributed by atoms with Gasteiger partial charge in [-0.25, -0.2) is 40.7 Å². The summed E-state index contributed by atoms with van der Waals surface area (Å²) < 4.78 is 128. The van der Waals surface area contributed by atoms with Crippen molar-refractivity contribution in [3.8, 4) is 5.88 Å². The van der Waals surface area contributed by atoms with E-state index in [0.717, 1.165) is 4.90 Å². The highest BCUT2D eigenvalue weighted by atomic mass is 32.2. The van der Waals surface area contributed by atoms with Crippen molar-refractivity contribution in [2.24, 2.45) is 17.3 Å². The molecule has 2 aromatic rings. The van der Waals surface area contributed by atoms with Gasteiger partial charge in [0, 0.05) is 25.0 Å². The molecule has 59 heavy (non-hydrogen) atoms. The van der Waals surface area contributed by atoms with Crippen LogP contribution in [0.3, 0.4) is 0 Å². The minimum absolute atomic E-state index is 0.0176. The van der Waals surface area contributed by atoms with Gasteiger partial charge in [-0.2, -0.15) is 8.78 Å². The molecule has 0 spiro atoms. The van der Waals surface area contributed by atoms with Gasteiger partial charge in [0.2, 0.25) is 34.1 Å². The van der Waals surface area contributed by atoms with Crippen LogP contribution in [0.5, 0.6) is 5.88 Å². The Morgan fingerprint density at radius 1 is 0.966 bits per heavy atom. The molecule has 3 N–H and O–H groups in total. The van der Waals surface area contributed by atoms with E-state index in [0.29, 0.717) is 44.2 Å². The summed E-state index contributed by atoms with van der Waals surface area (Å²) in [7, 11) is -4.24. The van der Waals surface area contributed by atoms with Gasteiger partial charge >= 0.3 is 6.09 Å². The van der Waals surface area contributed by atoms with Crippen molar-refractivity contribution in [3.63, 3.8) is 0 Å². The molecule has 2 aliphatic heterocycles. The smallest absolute Gasteiger partial charge is 0.408 e. The zero-order valence-electron chi connectivity index (χ0n) is 32.5.